The number of imidazole rings is 1. The zero-order valence-electron chi connectivity index (χ0n) is 11.5. The summed E-state index contributed by atoms with van der Waals surface area (Å²) in [6.07, 6.45) is 3.76. The minimum absolute atomic E-state index is 0.0390. The topological polar surface area (TPSA) is 46.4 Å². The van der Waals surface area contributed by atoms with Gasteiger partial charge in [0.05, 0.1) is 17.8 Å². The Balaban J connectivity index is 1.74. The number of halogens is 1. The number of fused-ring (bicyclic) bond motifs is 1. The Labute approximate surface area is 121 Å². The lowest BCUT2D eigenvalue weighted by Gasteiger charge is -2.03. The monoisotopic (exact) mass is 283 g/mol. The summed E-state index contributed by atoms with van der Waals surface area (Å²) in [7, 11) is 0. The van der Waals surface area contributed by atoms with Gasteiger partial charge < -0.3 is 9.72 Å². The van der Waals surface area contributed by atoms with Crippen LogP contribution in [0.3, 0.4) is 0 Å². The van der Waals surface area contributed by atoms with Crippen LogP contribution in [0.25, 0.3) is 5.65 Å². The summed E-state index contributed by atoms with van der Waals surface area (Å²) >= 11 is 0. The molecule has 5 heteroatoms. The molecule has 2 heterocycles. The van der Waals surface area contributed by atoms with E-state index in [1.807, 2.05) is 35.9 Å². The molecule has 0 unspecified atom stereocenters. The van der Waals surface area contributed by atoms with Gasteiger partial charge in [-0.3, -0.25) is 4.79 Å². The molecule has 0 saturated heterocycles. The molecule has 1 N–H and O–H groups in total. The number of benzene rings is 1. The van der Waals surface area contributed by atoms with Crippen LogP contribution >= 0.6 is 0 Å². The van der Waals surface area contributed by atoms with Gasteiger partial charge in [-0.1, -0.05) is 12.1 Å². The summed E-state index contributed by atoms with van der Waals surface area (Å²) in [5.41, 5.74) is 2.71. The van der Waals surface area contributed by atoms with E-state index in [1.165, 1.54) is 12.1 Å². The number of carbonyl (C=O) groups excluding carboxylic acids is 1. The van der Waals surface area contributed by atoms with Gasteiger partial charge in [0, 0.05) is 12.4 Å². The average molecular weight is 283 g/mol. The first-order valence-corrected chi connectivity index (χ1v) is 6.60. The molecule has 4 nitrogen and oxygen atoms in total. The normalized spacial score (nSPS) is 10.8. The molecule has 0 atom stereocenters. The van der Waals surface area contributed by atoms with Crippen LogP contribution in [0.1, 0.15) is 21.6 Å². The summed E-state index contributed by atoms with van der Waals surface area (Å²) in [6.45, 7) is 2.25. The maximum absolute atomic E-state index is 13.5. The lowest BCUT2D eigenvalue weighted by Crippen LogP contribution is -2.23. The van der Waals surface area contributed by atoms with Crippen molar-refractivity contribution in [3.8, 4) is 0 Å². The highest BCUT2D eigenvalue weighted by Crippen LogP contribution is 2.09. The summed E-state index contributed by atoms with van der Waals surface area (Å²) < 4.78 is 15.4. The van der Waals surface area contributed by atoms with Crippen molar-refractivity contribution in [3.63, 3.8) is 0 Å². The smallest absolute Gasteiger partial charge is 0.254 e. The van der Waals surface area contributed by atoms with Gasteiger partial charge in [0.25, 0.3) is 5.91 Å². The second-order valence-corrected chi connectivity index (χ2v) is 4.86. The largest absolute Gasteiger partial charge is 0.346 e. The van der Waals surface area contributed by atoms with Crippen molar-refractivity contribution in [2.75, 3.05) is 0 Å². The minimum atomic E-state index is -0.527. The molecule has 1 aromatic carbocycles. The van der Waals surface area contributed by atoms with Gasteiger partial charge in [0.15, 0.2) is 0 Å². The summed E-state index contributed by atoms with van der Waals surface area (Å²) in [4.78, 5) is 16.3. The zero-order chi connectivity index (χ0) is 14.8. The molecule has 0 aliphatic heterocycles. The molecule has 0 fully saturated rings. The molecule has 106 valence electrons. The fourth-order valence-electron chi connectivity index (χ4n) is 2.13. The molecule has 0 bridgehead atoms. The van der Waals surface area contributed by atoms with E-state index in [4.69, 9.17) is 0 Å². The van der Waals surface area contributed by atoms with Crippen molar-refractivity contribution >= 4 is 11.6 Å². The molecule has 3 aromatic rings. The number of nitrogens with zero attached hydrogens (tertiary/aromatic N) is 2. The molecule has 0 saturated carbocycles. The standard InChI is InChI=1S/C16H14FN3O/c1-11-6-7-20-10-12(19-15(20)8-11)9-18-16(21)13-4-2-3-5-14(13)17/h2-8,10H,9H2,1H3,(H,18,21). The van der Waals surface area contributed by atoms with E-state index in [1.54, 1.807) is 12.1 Å². The van der Waals surface area contributed by atoms with Crippen LogP contribution in [0.2, 0.25) is 0 Å². The van der Waals surface area contributed by atoms with Crippen molar-refractivity contribution in [2.45, 2.75) is 13.5 Å². The average Bonchev–Trinajstić information content (AvgIpc) is 2.87. The number of aryl methyl sites for hydroxylation is 1. The molecule has 1 amide bonds. The molecule has 21 heavy (non-hydrogen) atoms. The Morgan fingerprint density at radius 1 is 1.33 bits per heavy atom. The maximum Gasteiger partial charge on any atom is 0.254 e. The number of carbonyl (C=O) groups is 1. The highest BCUT2D eigenvalue weighted by molar-refractivity contribution is 5.94. The van der Waals surface area contributed by atoms with Crippen LogP contribution in [0.15, 0.2) is 48.8 Å². The summed E-state index contributed by atoms with van der Waals surface area (Å²) in [6, 6.07) is 9.85. The molecule has 0 radical (unpaired) electrons. The number of aromatic nitrogens is 2. The quantitative estimate of drug-likeness (QED) is 0.803. The molecule has 0 spiro atoms. The number of nitrogens with one attached hydrogen (secondary N) is 1. The molecule has 2 aromatic heterocycles. The third-order valence-electron chi connectivity index (χ3n) is 3.21. The summed E-state index contributed by atoms with van der Waals surface area (Å²) in [5, 5.41) is 2.68. The second kappa shape index (κ2) is 5.36. The number of hydrogen-bond acceptors (Lipinski definition) is 2. The molecular formula is C16H14FN3O. The Morgan fingerprint density at radius 2 is 2.14 bits per heavy atom. The summed E-state index contributed by atoms with van der Waals surface area (Å²) in [5.74, 6) is -0.970. The third kappa shape index (κ3) is 2.76. The van der Waals surface area contributed by atoms with Gasteiger partial charge >= 0.3 is 0 Å². The first kappa shape index (κ1) is 13.3. The van der Waals surface area contributed by atoms with Crippen molar-refractivity contribution in [3.05, 3.63) is 71.4 Å². The Bertz CT molecular complexity index is 810. The van der Waals surface area contributed by atoms with Gasteiger partial charge in [-0.05, 0) is 36.8 Å². The predicted molar refractivity (Wildman–Crippen MR) is 77.5 cm³/mol. The number of pyridine rings is 1. The van der Waals surface area contributed by atoms with Gasteiger partial charge in [-0.2, -0.15) is 0 Å². The van der Waals surface area contributed by atoms with Crippen LogP contribution in [0.5, 0.6) is 0 Å². The van der Waals surface area contributed by atoms with Crippen LogP contribution < -0.4 is 5.32 Å². The Kier molecular flexibility index (Phi) is 3.39. The fourth-order valence-corrected chi connectivity index (χ4v) is 2.13. The van der Waals surface area contributed by atoms with Crippen molar-refractivity contribution in [1.82, 2.24) is 14.7 Å². The predicted octanol–water partition coefficient (Wildman–Crippen LogP) is 2.71. The van der Waals surface area contributed by atoms with Crippen molar-refractivity contribution in [2.24, 2.45) is 0 Å². The highest BCUT2D eigenvalue weighted by Gasteiger charge is 2.11. The second-order valence-electron chi connectivity index (χ2n) is 4.86. The van der Waals surface area contributed by atoms with Crippen LogP contribution in [0, 0.1) is 12.7 Å². The van der Waals surface area contributed by atoms with E-state index >= 15 is 0 Å². The molecular weight excluding hydrogens is 269 g/mol. The number of rotatable bonds is 3. The van der Waals surface area contributed by atoms with E-state index in [2.05, 4.69) is 10.3 Å². The Hall–Kier alpha value is -2.69. The lowest BCUT2D eigenvalue weighted by atomic mass is 10.2. The van der Waals surface area contributed by atoms with Crippen molar-refractivity contribution in [1.29, 1.82) is 0 Å². The van der Waals surface area contributed by atoms with E-state index < -0.39 is 11.7 Å². The van der Waals surface area contributed by atoms with Crippen LogP contribution in [0.4, 0.5) is 4.39 Å². The van der Waals surface area contributed by atoms with Crippen LogP contribution in [-0.2, 0) is 6.54 Å². The third-order valence-corrected chi connectivity index (χ3v) is 3.21. The van der Waals surface area contributed by atoms with Gasteiger partial charge in [0.2, 0.25) is 0 Å². The fraction of sp³-hybridized carbons (Fsp3) is 0.125. The van der Waals surface area contributed by atoms with Gasteiger partial charge in [-0.15, -0.1) is 0 Å². The first-order chi connectivity index (χ1) is 10.1. The first-order valence-electron chi connectivity index (χ1n) is 6.60. The van der Waals surface area contributed by atoms with E-state index in [0.29, 0.717) is 0 Å². The van der Waals surface area contributed by atoms with Gasteiger partial charge in [0.1, 0.15) is 11.5 Å². The van der Waals surface area contributed by atoms with E-state index in [0.717, 1.165) is 16.9 Å². The molecule has 0 aliphatic carbocycles. The highest BCUT2D eigenvalue weighted by atomic mass is 19.1. The van der Waals surface area contributed by atoms with Crippen LogP contribution in [-0.4, -0.2) is 15.3 Å². The van der Waals surface area contributed by atoms with E-state index in [9.17, 15) is 9.18 Å². The zero-order valence-corrected chi connectivity index (χ0v) is 11.5. The molecule has 3 rings (SSSR count). The van der Waals surface area contributed by atoms with E-state index in [-0.39, 0.29) is 12.1 Å². The lowest BCUT2D eigenvalue weighted by molar-refractivity contribution is 0.0946. The number of amides is 1. The SMILES string of the molecule is Cc1ccn2cc(CNC(=O)c3ccccc3F)nc2c1. The number of hydrogen-bond donors (Lipinski definition) is 1. The van der Waals surface area contributed by atoms with Crippen molar-refractivity contribution < 1.29 is 9.18 Å². The maximum atomic E-state index is 13.5. The molecule has 0 aliphatic rings. The minimum Gasteiger partial charge on any atom is -0.346 e. The Morgan fingerprint density at radius 3 is 2.95 bits per heavy atom. The van der Waals surface area contributed by atoms with Gasteiger partial charge in [-0.25, -0.2) is 9.37 Å².